The Balaban J connectivity index is 2.97. The minimum atomic E-state index is -0.177. The summed E-state index contributed by atoms with van der Waals surface area (Å²) in [5, 5.41) is -0.177. The minimum Gasteiger partial charge on any atom is -0.458 e. The zero-order valence-electron chi connectivity index (χ0n) is 5.85. The Bertz CT molecular complexity index is 83.1. The molecule has 0 aromatic heterocycles. The summed E-state index contributed by atoms with van der Waals surface area (Å²) in [7, 11) is 0. The van der Waals surface area contributed by atoms with E-state index in [2.05, 4.69) is 6.92 Å². The Morgan fingerprint density at radius 3 is 2.78 bits per heavy atom. The first-order valence-corrected chi connectivity index (χ1v) is 4.24. The van der Waals surface area contributed by atoms with E-state index < -0.39 is 0 Å². The highest BCUT2D eigenvalue weighted by atomic mass is 32.2. The molecule has 0 aliphatic carbocycles. The van der Waals surface area contributed by atoms with Crippen molar-refractivity contribution < 1.29 is 9.53 Å². The molecule has 0 unspecified atom stereocenters. The van der Waals surface area contributed by atoms with Gasteiger partial charge in [-0.25, -0.2) is 4.79 Å². The highest BCUT2D eigenvalue weighted by Crippen LogP contribution is 1.99. The van der Waals surface area contributed by atoms with Gasteiger partial charge < -0.3 is 4.74 Å². The fourth-order valence-corrected chi connectivity index (χ4v) is 0.560. The molecule has 0 N–H and O–H groups in total. The molecule has 0 saturated carbocycles. The lowest BCUT2D eigenvalue weighted by Gasteiger charge is -1.98. The van der Waals surface area contributed by atoms with Gasteiger partial charge in [-0.3, -0.25) is 0 Å². The molecule has 54 valence electrons. The van der Waals surface area contributed by atoms with E-state index in [9.17, 15) is 4.79 Å². The Hall–Kier alpha value is -0.180. The van der Waals surface area contributed by atoms with Crippen LogP contribution in [0.25, 0.3) is 0 Å². The van der Waals surface area contributed by atoms with Crippen LogP contribution >= 0.6 is 11.8 Å². The molecule has 0 radical (unpaired) electrons. The van der Waals surface area contributed by atoms with Crippen LogP contribution in [-0.4, -0.2) is 18.2 Å². The van der Waals surface area contributed by atoms with Crippen LogP contribution in [0, 0.1) is 0 Å². The number of hydrogen-bond acceptors (Lipinski definition) is 3. The largest absolute Gasteiger partial charge is 0.458 e. The van der Waals surface area contributed by atoms with E-state index in [1.807, 2.05) is 0 Å². The van der Waals surface area contributed by atoms with Crippen molar-refractivity contribution in [2.45, 2.75) is 19.8 Å². The quantitative estimate of drug-likeness (QED) is 0.453. The average Bonchev–Trinajstić information content (AvgIpc) is 1.89. The van der Waals surface area contributed by atoms with E-state index in [-0.39, 0.29) is 5.30 Å². The first kappa shape index (κ1) is 8.82. The molecule has 0 aliphatic heterocycles. The molecule has 0 aromatic rings. The van der Waals surface area contributed by atoms with Gasteiger partial charge in [0.15, 0.2) is 0 Å². The predicted octanol–water partition coefficient (Wildman–Crippen LogP) is 2.29. The maximum Gasteiger partial charge on any atom is 0.367 e. The normalized spacial score (nSPS) is 9.11. The zero-order valence-corrected chi connectivity index (χ0v) is 6.66. The van der Waals surface area contributed by atoms with Crippen LogP contribution in [0.15, 0.2) is 0 Å². The SMILES string of the molecule is CCCCOC(=O)SC. The van der Waals surface area contributed by atoms with Crippen LogP contribution in [0.3, 0.4) is 0 Å². The number of hydrogen-bond donors (Lipinski definition) is 0. The summed E-state index contributed by atoms with van der Waals surface area (Å²) in [4.78, 5) is 10.4. The van der Waals surface area contributed by atoms with E-state index in [4.69, 9.17) is 4.74 Å². The number of carbonyl (C=O) groups is 1. The average molecular weight is 148 g/mol. The van der Waals surface area contributed by atoms with Gasteiger partial charge in [0.05, 0.1) is 6.61 Å². The summed E-state index contributed by atoms with van der Waals surface area (Å²) in [6.45, 7) is 2.63. The second kappa shape index (κ2) is 5.95. The van der Waals surface area contributed by atoms with E-state index in [0.29, 0.717) is 6.61 Å². The summed E-state index contributed by atoms with van der Waals surface area (Å²) in [6, 6.07) is 0. The first-order chi connectivity index (χ1) is 4.31. The molecule has 0 atom stereocenters. The third kappa shape index (κ3) is 5.69. The number of carbonyl (C=O) groups excluding carboxylic acids is 1. The molecular formula is C6H12O2S. The van der Waals surface area contributed by atoms with Gasteiger partial charge in [0, 0.05) is 0 Å². The molecule has 0 fully saturated rings. The van der Waals surface area contributed by atoms with Gasteiger partial charge in [0.1, 0.15) is 0 Å². The van der Waals surface area contributed by atoms with E-state index in [0.717, 1.165) is 24.6 Å². The molecule has 3 heteroatoms. The predicted molar refractivity (Wildman–Crippen MR) is 39.8 cm³/mol. The molecule has 0 aliphatic rings. The van der Waals surface area contributed by atoms with E-state index in [1.54, 1.807) is 6.26 Å². The van der Waals surface area contributed by atoms with Gasteiger partial charge in [-0.15, -0.1) is 0 Å². The maximum absolute atomic E-state index is 10.4. The highest BCUT2D eigenvalue weighted by Gasteiger charge is 1.95. The summed E-state index contributed by atoms with van der Waals surface area (Å²) in [6.07, 6.45) is 3.75. The highest BCUT2D eigenvalue weighted by molar-refractivity contribution is 8.12. The van der Waals surface area contributed by atoms with Gasteiger partial charge >= 0.3 is 5.30 Å². The van der Waals surface area contributed by atoms with Crippen LogP contribution in [0.1, 0.15) is 19.8 Å². The monoisotopic (exact) mass is 148 g/mol. The van der Waals surface area contributed by atoms with E-state index >= 15 is 0 Å². The van der Waals surface area contributed by atoms with Crippen molar-refractivity contribution in [1.29, 1.82) is 0 Å². The van der Waals surface area contributed by atoms with Crippen molar-refractivity contribution in [2.24, 2.45) is 0 Å². The van der Waals surface area contributed by atoms with Crippen LogP contribution in [0.5, 0.6) is 0 Å². The zero-order chi connectivity index (χ0) is 7.11. The summed E-state index contributed by atoms with van der Waals surface area (Å²) in [5.41, 5.74) is 0. The first-order valence-electron chi connectivity index (χ1n) is 3.02. The molecule has 0 amide bonds. The van der Waals surface area contributed by atoms with Crippen LogP contribution in [-0.2, 0) is 4.74 Å². The second-order valence-corrected chi connectivity index (χ2v) is 2.40. The Kier molecular flexibility index (Phi) is 5.83. The van der Waals surface area contributed by atoms with Gasteiger partial charge in [-0.1, -0.05) is 13.3 Å². The molecule has 0 aromatic carbocycles. The maximum atomic E-state index is 10.4. The van der Waals surface area contributed by atoms with Crippen LogP contribution in [0.4, 0.5) is 4.79 Å². The Morgan fingerprint density at radius 1 is 1.67 bits per heavy atom. The lowest BCUT2D eigenvalue weighted by atomic mass is 10.4. The van der Waals surface area contributed by atoms with E-state index in [1.165, 1.54) is 0 Å². The second-order valence-electron chi connectivity index (χ2n) is 1.66. The standard InChI is InChI=1S/C6H12O2S/c1-3-4-5-8-6(7)9-2/h3-5H2,1-2H3. The topological polar surface area (TPSA) is 26.3 Å². The van der Waals surface area contributed by atoms with Gasteiger partial charge in [-0.2, -0.15) is 0 Å². The Labute approximate surface area is 60.0 Å². The number of ether oxygens (including phenoxy) is 1. The van der Waals surface area contributed by atoms with Crippen molar-refractivity contribution in [1.82, 2.24) is 0 Å². The minimum absolute atomic E-state index is 0.177. The van der Waals surface area contributed by atoms with Crippen LogP contribution in [0.2, 0.25) is 0 Å². The van der Waals surface area contributed by atoms with Gasteiger partial charge in [0.25, 0.3) is 0 Å². The van der Waals surface area contributed by atoms with Gasteiger partial charge in [0.2, 0.25) is 0 Å². The summed E-state index contributed by atoms with van der Waals surface area (Å²) in [5.74, 6) is 0. The summed E-state index contributed by atoms with van der Waals surface area (Å²) < 4.78 is 4.76. The fraction of sp³-hybridized carbons (Fsp3) is 0.833. The van der Waals surface area contributed by atoms with Crippen molar-refractivity contribution in [3.8, 4) is 0 Å². The molecule has 0 bridgehead atoms. The smallest absolute Gasteiger partial charge is 0.367 e. The number of thioether (sulfide) groups is 1. The molecule has 2 nitrogen and oxygen atoms in total. The van der Waals surface area contributed by atoms with Gasteiger partial charge in [-0.05, 0) is 24.4 Å². The summed E-state index contributed by atoms with van der Waals surface area (Å²) >= 11 is 1.11. The molecule has 0 rings (SSSR count). The molecule has 0 heterocycles. The lowest BCUT2D eigenvalue weighted by molar-refractivity contribution is 0.173. The van der Waals surface area contributed by atoms with Crippen molar-refractivity contribution >= 4 is 17.1 Å². The van der Waals surface area contributed by atoms with Crippen molar-refractivity contribution in [2.75, 3.05) is 12.9 Å². The lowest BCUT2D eigenvalue weighted by Crippen LogP contribution is -1.97. The molecular weight excluding hydrogens is 136 g/mol. The fourth-order valence-electron chi connectivity index (χ4n) is 0.359. The van der Waals surface area contributed by atoms with Crippen molar-refractivity contribution in [3.05, 3.63) is 0 Å². The molecule has 0 saturated heterocycles. The van der Waals surface area contributed by atoms with Crippen LogP contribution < -0.4 is 0 Å². The molecule has 0 spiro atoms. The Morgan fingerprint density at radius 2 is 2.33 bits per heavy atom. The number of unbranched alkanes of at least 4 members (excludes halogenated alkanes) is 1. The van der Waals surface area contributed by atoms with Crippen molar-refractivity contribution in [3.63, 3.8) is 0 Å². The number of rotatable bonds is 3. The third-order valence-electron chi connectivity index (χ3n) is 0.884. The molecule has 9 heavy (non-hydrogen) atoms. The third-order valence-corrected chi connectivity index (χ3v) is 1.34.